The SMILES string of the molecule is CCCC(C)(C)NS(=O)(=O)c1ccc(Cl)c(N)c1. The highest BCUT2D eigenvalue weighted by Gasteiger charge is 2.25. The molecule has 102 valence electrons. The lowest BCUT2D eigenvalue weighted by Gasteiger charge is -2.25. The van der Waals surface area contributed by atoms with Gasteiger partial charge in [-0.05, 0) is 38.5 Å². The fraction of sp³-hybridized carbons (Fsp3) is 0.500. The number of rotatable bonds is 5. The number of hydrogen-bond donors (Lipinski definition) is 2. The first kappa shape index (κ1) is 15.3. The van der Waals surface area contributed by atoms with Gasteiger partial charge >= 0.3 is 0 Å². The monoisotopic (exact) mass is 290 g/mol. The molecule has 0 saturated carbocycles. The van der Waals surface area contributed by atoms with Crippen LogP contribution < -0.4 is 10.5 Å². The molecule has 0 aliphatic rings. The summed E-state index contributed by atoms with van der Waals surface area (Å²) in [5, 5.41) is 0.349. The second-order valence-corrected chi connectivity index (χ2v) is 7.01. The Morgan fingerprint density at radius 3 is 2.50 bits per heavy atom. The Kier molecular flexibility index (Phi) is 4.64. The third-order valence-electron chi connectivity index (χ3n) is 2.56. The maximum atomic E-state index is 12.2. The van der Waals surface area contributed by atoms with Gasteiger partial charge in [0, 0.05) is 5.54 Å². The molecule has 0 atom stereocenters. The summed E-state index contributed by atoms with van der Waals surface area (Å²) < 4.78 is 27.0. The number of nitrogens with one attached hydrogen (secondary N) is 1. The van der Waals surface area contributed by atoms with E-state index in [1.807, 2.05) is 20.8 Å². The second-order valence-electron chi connectivity index (χ2n) is 4.92. The summed E-state index contributed by atoms with van der Waals surface area (Å²) in [5.74, 6) is 0. The Bertz CT molecular complexity index is 527. The van der Waals surface area contributed by atoms with Crippen molar-refractivity contribution >= 4 is 27.3 Å². The lowest BCUT2D eigenvalue weighted by atomic mass is 10.0. The number of sulfonamides is 1. The van der Waals surface area contributed by atoms with E-state index in [2.05, 4.69) is 4.72 Å². The van der Waals surface area contributed by atoms with Crippen molar-refractivity contribution in [3.63, 3.8) is 0 Å². The highest BCUT2D eigenvalue weighted by atomic mass is 35.5. The summed E-state index contributed by atoms with van der Waals surface area (Å²) in [5.41, 5.74) is 5.39. The molecule has 0 radical (unpaired) electrons. The normalized spacial score (nSPS) is 12.7. The molecular formula is C12H19ClN2O2S. The van der Waals surface area contributed by atoms with Gasteiger partial charge in [-0.1, -0.05) is 24.9 Å². The molecule has 1 aromatic rings. The zero-order chi connectivity index (χ0) is 14.0. The molecule has 3 N–H and O–H groups in total. The van der Waals surface area contributed by atoms with Crippen molar-refractivity contribution in [2.75, 3.05) is 5.73 Å². The molecule has 0 saturated heterocycles. The number of benzene rings is 1. The maximum absolute atomic E-state index is 12.2. The van der Waals surface area contributed by atoms with E-state index in [4.69, 9.17) is 17.3 Å². The highest BCUT2D eigenvalue weighted by Crippen LogP contribution is 2.23. The van der Waals surface area contributed by atoms with Crippen molar-refractivity contribution in [2.45, 2.75) is 44.0 Å². The largest absolute Gasteiger partial charge is 0.397 e. The van der Waals surface area contributed by atoms with E-state index in [-0.39, 0.29) is 10.6 Å². The van der Waals surface area contributed by atoms with Gasteiger partial charge in [0.05, 0.1) is 15.6 Å². The van der Waals surface area contributed by atoms with E-state index < -0.39 is 15.6 Å². The van der Waals surface area contributed by atoms with E-state index in [1.165, 1.54) is 18.2 Å². The predicted octanol–water partition coefficient (Wildman–Crippen LogP) is 2.78. The molecule has 0 aliphatic heterocycles. The van der Waals surface area contributed by atoms with Crippen LogP contribution in [0.1, 0.15) is 33.6 Å². The zero-order valence-corrected chi connectivity index (χ0v) is 12.4. The molecule has 6 heteroatoms. The van der Waals surface area contributed by atoms with Crippen molar-refractivity contribution in [2.24, 2.45) is 0 Å². The van der Waals surface area contributed by atoms with Crippen molar-refractivity contribution in [1.29, 1.82) is 0 Å². The van der Waals surface area contributed by atoms with Crippen LogP contribution >= 0.6 is 11.6 Å². The van der Waals surface area contributed by atoms with Gasteiger partial charge in [-0.15, -0.1) is 0 Å². The number of halogens is 1. The minimum Gasteiger partial charge on any atom is -0.397 e. The van der Waals surface area contributed by atoms with Gasteiger partial charge in [-0.25, -0.2) is 13.1 Å². The summed E-state index contributed by atoms with van der Waals surface area (Å²) in [6.07, 6.45) is 1.66. The average molecular weight is 291 g/mol. The van der Waals surface area contributed by atoms with E-state index in [0.717, 1.165) is 12.8 Å². The quantitative estimate of drug-likeness (QED) is 0.819. The first-order chi connectivity index (χ1) is 8.18. The van der Waals surface area contributed by atoms with E-state index in [0.29, 0.717) is 5.02 Å². The van der Waals surface area contributed by atoms with Crippen LogP contribution in [0.3, 0.4) is 0 Å². The fourth-order valence-electron chi connectivity index (χ4n) is 1.79. The Balaban J connectivity index is 3.03. The zero-order valence-electron chi connectivity index (χ0n) is 10.8. The standard InChI is InChI=1S/C12H19ClN2O2S/c1-4-7-12(2,3)15-18(16,17)9-5-6-10(13)11(14)8-9/h5-6,8,15H,4,7,14H2,1-3H3. The van der Waals surface area contributed by atoms with Gasteiger partial charge in [0.25, 0.3) is 0 Å². The number of anilines is 1. The lowest BCUT2D eigenvalue weighted by molar-refractivity contribution is 0.418. The Morgan fingerprint density at radius 2 is 2.00 bits per heavy atom. The second kappa shape index (κ2) is 5.47. The highest BCUT2D eigenvalue weighted by molar-refractivity contribution is 7.89. The molecule has 0 aromatic heterocycles. The molecule has 1 aromatic carbocycles. The molecule has 0 heterocycles. The van der Waals surface area contributed by atoms with E-state index in [9.17, 15) is 8.42 Å². The van der Waals surface area contributed by atoms with Crippen LogP contribution in [0.5, 0.6) is 0 Å². The average Bonchev–Trinajstić information content (AvgIpc) is 2.20. The molecule has 0 aliphatic carbocycles. The van der Waals surface area contributed by atoms with Crippen molar-refractivity contribution in [3.05, 3.63) is 23.2 Å². The molecule has 0 bridgehead atoms. The molecule has 4 nitrogen and oxygen atoms in total. The third kappa shape index (κ3) is 3.86. The third-order valence-corrected chi connectivity index (χ3v) is 4.60. The number of hydrogen-bond acceptors (Lipinski definition) is 3. The fourth-order valence-corrected chi connectivity index (χ4v) is 3.38. The minimum absolute atomic E-state index is 0.133. The smallest absolute Gasteiger partial charge is 0.241 e. The molecule has 0 fully saturated rings. The van der Waals surface area contributed by atoms with Crippen molar-refractivity contribution in [1.82, 2.24) is 4.72 Å². The van der Waals surface area contributed by atoms with Gasteiger partial charge in [-0.2, -0.15) is 0 Å². The summed E-state index contributed by atoms with van der Waals surface area (Å²) >= 11 is 5.77. The van der Waals surface area contributed by atoms with Gasteiger partial charge in [0.2, 0.25) is 10.0 Å². The van der Waals surface area contributed by atoms with Gasteiger partial charge < -0.3 is 5.73 Å². The molecule has 0 spiro atoms. The first-order valence-electron chi connectivity index (χ1n) is 5.77. The Labute approximate surface area is 114 Å². The van der Waals surface area contributed by atoms with Crippen LogP contribution in [-0.4, -0.2) is 14.0 Å². The van der Waals surface area contributed by atoms with Gasteiger partial charge in [0.1, 0.15) is 0 Å². The summed E-state index contributed by atoms with van der Waals surface area (Å²) in [6.45, 7) is 5.72. The predicted molar refractivity (Wildman–Crippen MR) is 75.2 cm³/mol. The Hall–Kier alpha value is -0.780. The van der Waals surface area contributed by atoms with E-state index in [1.54, 1.807) is 0 Å². The van der Waals surface area contributed by atoms with E-state index >= 15 is 0 Å². The summed E-state index contributed by atoms with van der Waals surface area (Å²) in [4.78, 5) is 0.133. The van der Waals surface area contributed by atoms with Gasteiger partial charge in [-0.3, -0.25) is 0 Å². The molecule has 18 heavy (non-hydrogen) atoms. The molecule has 0 amide bonds. The first-order valence-corrected chi connectivity index (χ1v) is 7.63. The van der Waals surface area contributed by atoms with Crippen LogP contribution in [-0.2, 0) is 10.0 Å². The molecular weight excluding hydrogens is 272 g/mol. The number of nitrogen functional groups attached to an aromatic ring is 1. The molecule has 0 unspecified atom stereocenters. The number of nitrogens with two attached hydrogens (primary N) is 1. The van der Waals surface area contributed by atoms with Crippen LogP contribution in [0.25, 0.3) is 0 Å². The molecule has 1 rings (SSSR count). The van der Waals surface area contributed by atoms with Crippen LogP contribution in [0.4, 0.5) is 5.69 Å². The van der Waals surface area contributed by atoms with Crippen molar-refractivity contribution in [3.8, 4) is 0 Å². The van der Waals surface area contributed by atoms with Gasteiger partial charge in [0.15, 0.2) is 0 Å². The lowest BCUT2D eigenvalue weighted by Crippen LogP contribution is -2.43. The van der Waals surface area contributed by atoms with Crippen LogP contribution in [0.2, 0.25) is 5.02 Å². The van der Waals surface area contributed by atoms with Crippen LogP contribution in [0, 0.1) is 0 Å². The summed E-state index contributed by atoms with van der Waals surface area (Å²) in [6, 6.07) is 4.30. The Morgan fingerprint density at radius 1 is 1.39 bits per heavy atom. The maximum Gasteiger partial charge on any atom is 0.241 e. The van der Waals surface area contributed by atoms with Crippen molar-refractivity contribution < 1.29 is 8.42 Å². The summed E-state index contributed by atoms with van der Waals surface area (Å²) in [7, 11) is -3.57. The topological polar surface area (TPSA) is 72.2 Å². The minimum atomic E-state index is -3.57. The van der Waals surface area contributed by atoms with Crippen LogP contribution in [0.15, 0.2) is 23.1 Å².